The van der Waals surface area contributed by atoms with Crippen LogP contribution in [-0.2, 0) is 0 Å². The average molecular weight is 308 g/mol. The molecule has 1 unspecified atom stereocenters. The molecule has 5 heteroatoms. The largest absolute Gasteiger partial charge is 0.388 e. The SMILES string of the molecule is CN=C(NCC1(O)CCC1)NC1CCN(CC2CCCC2)C1. The van der Waals surface area contributed by atoms with Gasteiger partial charge in [-0.2, -0.15) is 0 Å². The van der Waals surface area contributed by atoms with E-state index in [1.165, 1.54) is 45.2 Å². The van der Waals surface area contributed by atoms with Gasteiger partial charge < -0.3 is 20.6 Å². The van der Waals surface area contributed by atoms with Crippen molar-refractivity contribution in [3.8, 4) is 0 Å². The smallest absolute Gasteiger partial charge is 0.191 e. The molecule has 2 saturated carbocycles. The number of rotatable bonds is 5. The Morgan fingerprint density at radius 1 is 1.23 bits per heavy atom. The van der Waals surface area contributed by atoms with Crippen LogP contribution < -0.4 is 10.6 Å². The Hall–Kier alpha value is -0.810. The maximum atomic E-state index is 10.2. The number of guanidine groups is 1. The van der Waals surface area contributed by atoms with E-state index in [4.69, 9.17) is 0 Å². The second kappa shape index (κ2) is 7.18. The quantitative estimate of drug-likeness (QED) is 0.530. The number of nitrogens with one attached hydrogen (secondary N) is 2. The lowest BCUT2D eigenvalue weighted by Crippen LogP contribution is -2.52. The minimum absolute atomic E-state index is 0.489. The van der Waals surface area contributed by atoms with Crippen LogP contribution in [0, 0.1) is 5.92 Å². The molecule has 0 aromatic heterocycles. The van der Waals surface area contributed by atoms with Gasteiger partial charge >= 0.3 is 0 Å². The molecule has 2 aliphatic carbocycles. The molecule has 5 nitrogen and oxygen atoms in total. The van der Waals surface area contributed by atoms with Crippen LogP contribution >= 0.6 is 0 Å². The molecule has 0 spiro atoms. The van der Waals surface area contributed by atoms with E-state index in [-0.39, 0.29) is 0 Å². The molecule has 1 aliphatic heterocycles. The topological polar surface area (TPSA) is 59.9 Å². The van der Waals surface area contributed by atoms with E-state index < -0.39 is 5.60 Å². The first kappa shape index (κ1) is 16.1. The number of nitrogens with zero attached hydrogens (tertiary/aromatic N) is 2. The molecule has 3 aliphatic rings. The predicted octanol–water partition coefficient (Wildman–Crippen LogP) is 1.33. The molecule has 0 radical (unpaired) electrons. The molecule has 3 fully saturated rings. The van der Waals surface area contributed by atoms with Gasteiger partial charge in [0.25, 0.3) is 0 Å². The second-order valence-electron chi connectivity index (χ2n) is 7.54. The molecule has 1 atom stereocenters. The first-order valence-electron chi connectivity index (χ1n) is 9.09. The maximum absolute atomic E-state index is 10.2. The van der Waals surface area contributed by atoms with E-state index in [9.17, 15) is 5.11 Å². The van der Waals surface area contributed by atoms with Gasteiger partial charge in [0.2, 0.25) is 0 Å². The number of hydrogen-bond donors (Lipinski definition) is 3. The minimum atomic E-state index is -0.498. The molecule has 0 aromatic carbocycles. The second-order valence-corrected chi connectivity index (χ2v) is 7.54. The monoisotopic (exact) mass is 308 g/mol. The number of likely N-dealkylation sites (tertiary alicyclic amines) is 1. The lowest BCUT2D eigenvalue weighted by atomic mass is 9.80. The summed E-state index contributed by atoms with van der Waals surface area (Å²) in [6.07, 6.45) is 9.87. The fourth-order valence-electron chi connectivity index (χ4n) is 4.07. The number of aliphatic hydroxyl groups is 1. The summed E-state index contributed by atoms with van der Waals surface area (Å²) >= 11 is 0. The summed E-state index contributed by atoms with van der Waals surface area (Å²) in [6.45, 7) is 4.23. The van der Waals surface area contributed by atoms with Crippen molar-refractivity contribution in [2.24, 2.45) is 10.9 Å². The van der Waals surface area contributed by atoms with Gasteiger partial charge in [-0.15, -0.1) is 0 Å². The van der Waals surface area contributed by atoms with Gasteiger partial charge in [-0.3, -0.25) is 4.99 Å². The Bertz CT molecular complexity index is 388. The molecular weight excluding hydrogens is 276 g/mol. The molecule has 22 heavy (non-hydrogen) atoms. The highest BCUT2D eigenvalue weighted by Crippen LogP contribution is 2.30. The summed E-state index contributed by atoms with van der Waals surface area (Å²) in [4.78, 5) is 6.92. The van der Waals surface area contributed by atoms with Gasteiger partial charge in [-0.1, -0.05) is 12.8 Å². The van der Waals surface area contributed by atoms with Crippen molar-refractivity contribution in [3.63, 3.8) is 0 Å². The molecule has 1 saturated heterocycles. The Morgan fingerprint density at radius 3 is 2.64 bits per heavy atom. The lowest BCUT2D eigenvalue weighted by Gasteiger charge is -2.37. The highest BCUT2D eigenvalue weighted by Gasteiger charge is 2.34. The fraction of sp³-hybridized carbons (Fsp3) is 0.941. The van der Waals surface area contributed by atoms with Gasteiger partial charge in [-0.05, 0) is 44.4 Å². The Kier molecular flexibility index (Phi) is 5.24. The van der Waals surface area contributed by atoms with Crippen LogP contribution in [0.25, 0.3) is 0 Å². The van der Waals surface area contributed by atoms with E-state index in [1.807, 2.05) is 7.05 Å². The van der Waals surface area contributed by atoms with Gasteiger partial charge in [-0.25, -0.2) is 0 Å². The average Bonchev–Trinajstić information content (AvgIpc) is 3.14. The van der Waals surface area contributed by atoms with Gasteiger partial charge in [0.1, 0.15) is 0 Å². The van der Waals surface area contributed by atoms with Crippen LogP contribution in [0.1, 0.15) is 51.4 Å². The minimum Gasteiger partial charge on any atom is -0.388 e. The molecule has 0 bridgehead atoms. The summed E-state index contributed by atoms with van der Waals surface area (Å²) in [7, 11) is 1.81. The van der Waals surface area contributed by atoms with Crippen LogP contribution in [0.2, 0.25) is 0 Å². The summed E-state index contributed by atoms with van der Waals surface area (Å²) in [5, 5.41) is 17.0. The maximum Gasteiger partial charge on any atom is 0.191 e. The van der Waals surface area contributed by atoms with E-state index in [0.717, 1.165) is 37.7 Å². The molecule has 3 rings (SSSR count). The van der Waals surface area contributed by atoms with Crippen molar-refractivity contribution in [2.75, 3.05) is 33.2 Å². The normalized spacial score (nSPS) is 29.5. The molecule has 3 N–H and O–H groups in total. The van der Waals surface area contributed by atoms with Crippen molar-refractivity contribution in [2.45, 2.75) is 63.0 Å². The predicted molar refractivity (Wildman–Crippen MR) is 90.1 cm³/mol. The summed E-state index contributed by atoms with van der Waals surface area (Å²) < 4.78 is 0. The van der Waals surface area contributed by atoms with Crippen LogP contribution in [0.5, 0.6) is 0 Å². The first-order chi connectivity index (χ1) is 10.7. The van der Waals surface area contributed by atoms with Crippen LogP contribution in [-0.4, -0.2) is 60.8 Å². The van der Waals surface area contributed by atoms with Crippen molar-refractivity contribution < 1.29 is 5.11 Å². The van der Waals surface area contributed by atoms with E-state index in [0.29, 0.717) is 12.6 Å². The van der Waals surface area contributed by atoms with Crippen LogP contribution in [0.15, 0.2) is 4.99 Å². The zero-order valence-electron chi connectivity index (χ0n) is 14.0. The third kappa shape index (κ3) is 4.13. The van der Waals surface area contributed by atoms with Crippen molar-refractivity contribution in [3.05, 3.63) is 0 Å². The Balaban J connectivity index is 1.38. The van der Waals surface area contributed by atoms with Gasteiger partial charge in [0.15, 0.2) is 5.96 Å². The van der Waals surface area contributed by atoms with Crippen molar-refractivity contribution in [1.82, 2.24) is 15.5 Å². The van der Waals surface area contributed by atoms with Gasteiger partial charge in [0, 0.05) is 39.3 Å². The highest BCUT2D eigenvalue weighted by atomic mass is 16.3. The van der Waals surface area contributed by atoms with Gasteiger partial charge in [0.05, 0.1) is 5.60 Å². The van der Waals surface area contributed by atoms with E-state index >= 15 is 0 Å². The Labute approximate surface area is 134 Å². The van der Waals surface area contributed by atoms with E-state index in [1.54, 1.807) is 0 Å². The highest BCUT2D eigenvalue weighted by molar-refractivity contribution is 5.80. The van der Waals surface area contributed by atoms with Crippen molar-refractivity contribution >= 4 is 5.96 Å². The summed E-state index contributed by atoms with van der Waals surface area (Å²) in [5.41, 5.74) is -0.498. The van der Waals surface area contributed by atoms with Crippen LogP contribution in [0.4, 0.5) is 0 Å². The summed E-state index contributed by atoms with van der Waals surface area (Å²) in [6, 6.07) is 0.489. The Morgan fingerprint density at radius 2 is 2.00 bits per heavy atom. The number of hydrogen-bond acceptors (Lipinski definition) is 3. The molecule has 0 amide bonds. The van der Waals surface area contributed by atoms with E-state index in [2.05, 4.69) is 20.5 Å². The zero-order valence-corrected chi connectivity index (χ0v) is 14.0. The lowest BCUT2D eigenvalue weighted by molar-refractivity contribution is -0.0279. The summed E-state index contributed by atoms with van der Waals surface area (Å²) in [5.74, 6) is 1.78. The third-order valence-corrected chi connectivity index (χ3v) is 5.70. The molecule has 126 valence electrons. The number of aliphatic imine (C=N–C) groups is 1. The molecular formula is C17H32N4O. The first-order valence-corrected chi connectivity index (χ1v) is 9.09. The standard InChI is InChI=1S/C17H32N4O/c1-18-16(19-13-17(22)8-4-9-17)20-15-7-10-21(12-15)11-14-5-2-3-6-14/h14-15,22H,2-13H2,1H3,(H2,18,19,20). The fourth-order valence-corrected chi connectivity index (χ4v) is 4.07. The van der Waals surface area contributed by atoms with Crippen LogP contribution in [0.3, 0.4) is 0 Å². The zero-order chi connectivity index (χ0) is 15.4. The van der Waals surface area contributed by atoms with Crippen molar-refractivity contribution in [1.29, 1.82) is 0 Å². The third-order valence-electron chi connectivity index (χ3n) is 5.70. The molecule has 1 heterocycles. The molecule has 0 aromatic rings.